The molecule has 0 aliphatic rings. The largest absolute Gasteiger partial charge is 0.508 e. The predicted octanol–water partition coefficient (Wildman–Crippen LogP) is 1.02. The van der Waals surface area contributed by atoms with E-state index in [-0.39, 0.29) is 24.0 Å². The van der Waals surface area contributed by atoms with Crippen molar-refractivity contribution in [3.05, 3.63) is 33.9 Å². The fraction of sp³-hybridized carbons (Fsp3) is 0.455. The summed E-state index contributed by atoms with van der Waals surface area (Å²) in [5.74, 6) is 0.135. The number of non-ortho nitro benzene ring substituents is 1. The smallest absolute Gasteiger partial charge is 0.270 e. The quantitative estimate of drug-likeness (QED) is 0.509. The van der Waals surface area contributed by atoms with Gasteiger partial charge in [-0.05, 0) is 12.0 Å². The van der Waals surface area contributed by atoms with Crippen molar-refractivity contribution in [2.24, 2.45) is 5.92 Å². The Labute approximate surface area is 99.0 Å². The Morgan fingerprint density at radius 3 is 2.82 bits per heavy atom. The topological polar surface area (TPSA) is 95.6 Å². The van der Waals surface area contributed by atoms with Crippen LogP contribution in [0.25, 0.3) is 0 Å². The van der Waals surface area contributed by atoms with Gasteiger partial charge in [-0.25, -0.2) is 0 Å². The Morgan fingerprint density at radius 2 is 2.24 bits per heavy atom. The predicted molar refractivity (Wildman–Crippen MR) is 62.7 cm³/mol. The fourth-order valence-corrected chi connectivity index (χ4v) is 1.34. The molecule has 1 aromatic rings. The van der Waals surface area contributed by atoms with Crippen molar-refractivity contribution < 1.29 is 15.1 Å². The number of aliphatic hydroxyl groups is 1. The Balaban J connectivity index is 2.63. The van der Waals surface area contributed by atoms with Crippen LogP contribution in [0.1, 0.15) is 12.5 Å². The summed E-state index contributed by atoms with van der Waals surface area (Å²) in [6.45, 7) is 2.87. The van der Waals surface area contributed by atoms with Crippen LogP contribution >= 0.6 is 0 Å². The summed E-state index contributed by atoms with van der Waals surface area (Å²) in [4.78, 5) is 10.1. The molecule has 0 aromatic heterocycles. The molecule has 1 rings (SSSR count). The molecule has 17 heavy (non-hydrogen) atoms. The maximum absolute atomic E-state index is 10.6. The van der Waals surface area contributed by atoms with E-state index in [2.05, 4.69) is 5.32 Å². The Hall–Kier alpha value is -1.66. The Kier molecular flexibility index (Phi) is 4.86. The van der Waals surface area contributed by atoms with Crippen LogP contribution in [0, 0.1) is 16.0 Å². The summed E-state index contributed by atoms with van der Waals surface area (Å²) >= 11 is 0. The lowest BCUT2D eigenvalue weighted by molar-refractivity contribution is -0.384. The number of nitrogens with zero attached hydrogens (tertiary/aromatic N) is 1. The van der Waals surface area contributed by atoms with E-state index in [0.717, 1.165) is 0 Å². The maximum Gasteiger partial charge on any atom is 0.270 e. The summed E-state index contributed by atoms with van der Waals surface area (Å²) < 4.78 is 0. The normalized spacial score (nSPS) is 12.4. The zero-order chi connectivity index (χ0) is 12.8. The number of aliphatic hydroxyl groups excluding tert-OH is 1. The lowest BCUT2D eigenvalue weighted by atomic mass is 10.1. The van der Waals surface area contributed by atoms with Gasteiger partial charge in [-0.15, -0.1) is 0 Å². The minimum absolute atomic E-state index is 0.0275. The number of phenolic OH excluding ortho intramolecular Hbond substituents is 1. The average molecular weight is 240 g/mol. The van der Waals surface area contributed by atoms with E-state index in [1.165, 1.54) is 18.2 Å². The highest BCUT2D eigenvalue weighted by atomic mass is 16.6. The van der Waals surface area contributed by atoms with Gasteiger partial charge in [-0.3, -0.25) is 10.1 Å². The summed E-state index contributed by atoms with van der Waals surface area (Å²) in [5, 5.41) is 31.9. The number of phenols is 1. The molecule has 0 bridgehead atoms. The molecule has 6 nitrogen and oxygen atoms in total. The van der Waals surface area contributed by atoms with Crippen molar-refractivity contribution in [2.45, 2.75) is 13.5 Å². The molecule has 0 spiro atoms. The Bertz CT molecular complexity index is 395. The van der Waals surface area contributed by atoms with E-state index in [4.69, 9.17) is 5.11 Å². The molecule has 6 heteroatoms. The summed E-state index contributed by atoms with van der Waals surface area (Å²) in [6, 6.07) is 3.91. The SMILES string of the molecule is CC(CO)CNCc1cc([N+](=O)[O-])ccc1O. The molecule has 0 aliphatic heterocycles. The lowest BCUT2D eigenvalue weighted by Gasteiger charge is -2.10. The molecule has 0 saturated carbocycles. The monoisotopic (exact) mass is 240 g/mol. The van der Waals surface area contributed by atoms with Gasteiger partial charge in [0.25, 0.3) is 5.69 Å². The molecular weight excluding hydrogens is 224 g/mol. The molecule has 1 aromatic carbocycles. The molecule has 94 valence electrons. The third-order valence-electron chi connectivity index (χ3n) is 2.39. The highest BCUT2D eigenvalue weighted by Crippen LogP contribution is 2.22. The molecular formula is C11H16N2O4. The molecule has 0 aliphatic carbocycles. The Morgan fingerprint density at radius 1 is 1.53 bits per heavy atom. The number of benzene rings is 1. The second-order valence-electron chi connectivity index (χ2n) is 3.99. The number of aromatic hydroxyl groups is 1. The van der Waals surface area contributed by atoms with Crippen LogP contribution in [0.4, 0.5) is 5.69 Å². The first-order valence-electron chi connectivity index (χ1n) is 5.32. The van der Waals surface area contributed by atoms with E-state index < -0.39 is 4.92 Å². The van der Waals surface area contributed by atoms with Gasteiger partial charge in [-0.1, -0.05) is 6.92 Å². The summed E-state index contributed by atoms with van der Waals surface area (Å²) in [5.41, 5.74) is 0.430. The number of rotatable bonds is 6. The van der Waals surface area contributed by atoms with Gasteiger partial charge >= 0.3 is 0 Å². The molecule has 1 unspecified atom stereocenters. The third-order valence-corrected chi connectivity index (χ3v) is 2.39. The van der Waals surface area contributed by atoms with Gasteiger partial charge in [-0.2, -0.15) is 0 Å². The number of nitro groups is 1. The van der Waals surface area contributed by atoms with E-state index in [1.807, 2.05) is 6.92 Å². The van der Waals surface area contributed by atoms with Gasteiger partial charge in [0.1, 0.15) is 5.75 Å². The first-order chi connectivity index (χ1) is 8.04. The number of nitro benzene ring substituents is 1. The highest BCUT2D eigenvalue weighted by molar-refractivity contribution is 5.42. The van der Waals surface area contributed by atoms with Gasteiger partial charge in [0.2, 0.25) is 0 Å². The minimum atomic E-state index is -0.501. The van der Waals surface area contributed by atoms with Crippen molar-refractivity contribution in [1.82, 2.24) is 5.32 Å². The van der Waals surface area contributed by atoms with Crippen LogP contribution in [0.5, 0.6) is 5.75 Å². The molecule has 1 atom stereocenters. The van der Waals surface area contributed by atoms with Crippen molar-refractivity contribution in [3.8, 4) is 5.75 Å². The standard InChI is InChI=1S/C11H16N2O4/c1-8(7-14)5-12-6-9-4-10(13(16)17)2-3-11(9)15/h2-4,8,12,14-15H,5-7H2,1H3. The second-order valence-corrected chi connectivity index (χ2v) is 3.99. The zero-order valence-electron chi connectivity index (χ0n) is 9.59. The molecule has 3 N–H and O–H groups in total. The fourth-order valence-electron chi connectivity index (χ4n) is 1.34. The van der Waals surface area contributed by atoms with E-state index in [1.54, 1.807) is 0 Å². The number of hydrogen-bond acceptors (Lipinski definition) is 5. The maximum atomic E-state index is 10.6. The van der Waals surface area contributed by atoms with Crippen molar-refractivity contribution in [1.29, 1.82) is 0 Å². The first-order valence-corrected chi connectivity index (χ1v) is 5.32. The molecule has 0 amide bonds. The first kappa shape index (κ1) is 13.4. The summed E-state index contributed by atoms with van der Waals surface area (Å²) in [6.07, 6.45) is 0. The average Bonchev–Trinajstić information content (AvgIpc) is 2.30. The van der Waals surface area contributed by atoms with Crippen LogP contribution in [0.2, 0.25) is 0 Å². The van der Waals surface area contributed by atoms with E-state index in [9.17, 15) is 15.2 Å². The second kappa shape index (κ2) is 6.17. The van der Waals surface area contributed by atoms with Crippen LogP contribution in [-0.2, 0) is 6.54 Å². The molecule has 0 fully saturated rings. The van der Waals surface area contributed by atoms with Gasteiger partial charge in [0, 0.05) is 37.4 Å². The summed E-state index contributed by atoms with van der Waals surface area (Å²) in [7, 11) is 0. The lowest BCUT2D eigenvalue weighted by Crippen LogP contribution is -2.22. The third kappa shape index (κ3) is 4.01. The van der Waals surface area contributed by atoms with Crippen molar-refractivity contribution >= 4 is 5.69 Å². The zero-order valence-corrected chi connectivity index (χ0v) is 9.59. The van der Waals surface area contributed by atoms with Crippen LogP contribution in [-0.4, -0.2) is 28.3 Å². The molecule has 0 heterocycles. The van der Waals surface area contributed by atoms with Crippen LogP contribution in [0.3, 0.4) is 0 Å². The van der Waals surface area contributed by atoms with Crippen LogP contribution in [0.15, 0.2) is 18.2 Å². The van der Waals surface area contributed by atoms with Crippen molar-refractivity contribution in [3.63, 3.8) is 0 Å². The van der Waals surface area contributed by atoms with Crippen LogP contribution < -0.4 is 5.32 Å². The van der Waals surface area contributed by atoms with Crippen molar-refractivity contribution in [2.75, 3.05) is 13.2 Å². The van der Waals surface area contributed by atoms with Gasteiger partial charge in [0.05, 0.1) is 4.92 Å². The highest BCUT2D eigenvalue weighted by Gasteiger charge is 2.10. The molecule has 0 radical (unpaired) electrons. The number of nitrogens with one attached hydrogen (secondary N) is 1. The minimum Gasteiger partial charge on any atom is -0.508 e. The number of hydrogen-bond donors (Lipinski definition) is 3. The van der Waals surface area contributed by atoms with E-state index >= 15 is 0 Å². The van der Waals surface area contributed by atoms with Gasteiger partial charge in [0.15, 0.2) is 0 Å². The van der Waals surface area contributed by atoms with E-state index in [0.29, 0.717) is 18.7 Å². The molecule has 0 saturated heterocycles. The van der Waals surface area contributed by atoms with Gasteiger partial charge < -0.3 is 15.5 Å².